The van der Waals surface area contributed by atoms with Gasteiger partial charge in [0.1, 0.15) is 0 Å². The van der Waals surface area contributed by atoms with Crippen molar-refractivity contribution in [1.29, 1.82) is 0 Å². The predicted octanol–water partition coefficient (Wildman–Crippen LogP) is 12.4. The molecule has 42 heavy (non-hydrogen) atoms. The molecule has 0 amide bonds. The van der Waals surface area contributed by atoms with E-state index in [2.05, 4.69) is 55.8 Å². The maximum Gasteiger partial charge on any atom is 0.0135 e. The van der Waals surface area contributed by atoms with E-state index in [1.54, 1.807) is 0 Å². The van der Waals surface area contributed by atoms with Crippen LogP contribution in [-0.2, 0) is 0 Å². The van der Waals surface area contributed by atoms with Crippen LogP contribution in [0.4, 0.5) is 0 Å². The highest BCUT2D eigenvalue weighted by atomic mass is 31.0. The number of hydrogen-bond donors (Lipinski definition) is 0. The average molecular weight is 623 g/mol. The maximum absolute atomic E-state index is 3.34. The minimum atomic E-state index is 0.755. The van der Waals surface area contributed by atoms with Gasteiger partial charge in [-0.05, 0) is 101 Å². The van der Waals surface area contributed by atoms with Crippen molar-refractivity contribution in [1.82, 2.24) is 9.34 Å². The van der Waals surface area contributed by atoms with Gasteiger partial charge in [-0.25, -0.2) is 0 Å². The van der Waals surface area contributed by atoms with Gasteiger partial charge < -0.3 is 0 Å². The molecule has 0 heterocycles. The van der Waals surface area contributed by atoms with E-state index in [0.717, 1.165) is 47.8 Å². The molecule has 0 saturated heterocycles. The molecule has 3 aliphatic rings. The minimum Gasteiger partial charge on any atom is -0.281 e. The first-order valence-corrected chi connectivity index (χ1v) is 20.5. The monoisotopic (exact) mass is 623 g/mol. The summed E-state index contributed by atoms with van der Waals surface area (Å²) in [6.45, 7) is 9.99. The molecule has 4 heteroatoms. The molecule has 3 rings (SSSR count). The molecule has 2 nitrogen and oxygen atoms in total. The first-order chi connectivity index (χ1) is 20.4. The molecule has 0 bridgehead atoms. The lowest BCUT2D eigenvalue weighted by atomic mass is 9.86. The number of nitrogens with zero attached hydrogens (tertiary/aromatic N) is 2. The van der Waals surface area contributed by atoms with Crippen LogP contribution in [-0.4, -0.2) is 33.5 Å². The zero-order valence-corrected chi connectivity index (χ0v) is 31.4. The van der Waals surface area contributed by atoms with Crippen molar-refractivity contribution < 1.29 is 0 Å². The van der Waals surface area contributed by atoms with Crippen molar-refractivity contribution in [3.05, 3.63) is 0 Å². The Hall–Kier alpha value is 0.780. The molecule has 3 fully saturated rings. The van der Waals surface area contributed by atoms with E-state index in [-0.39, 0.29) is 0 Å². The van der Waals surface area contributed by atoms with E-state index in [9.17, 15) is 0 Å². The van der Waals surface area contributed by atoms with Gasteiger partial charge in [-0.15, -0.1) is 0 Å². The van der Waals surface area contributed by atoms with Gasteiger partial charge in [-0.1, -0.05) is 136 Å². The highest BCUT2D eigenvalue weighted by Crippen LogP contribution is 2.37. The minimum absolute atomic E-state index is 0.755. The molecule has 0 aromatic carbocycles. The van der Waals surface area contributed by atoms with Gasteiger partial charge >= 0.3 is 0 Å². The summed E-state index contributed by atoms with van der Waals surface area (Å²) in [5.74, 6) is 3.59. The van der Waals surface area contributed by atoms with Crippen molar-refractivity contribution in [3.63, 3.8) is 0 Å². The number of hydrogen-bond acceptors (Lipinski definition) is 2. The quantitative estimate of drug-likeness (QED) is 0.261. The van der Waals surface area contributed by atoms with E-state index in [4.69, 9.17) is 0 Å². The maximum atomic E-state index is 3.34. The molecule has 10 unspecified atom stereocenters. The fraction of sp³-hybridized carbons (Fsp3) is 1.00. The summed E-state index contributed by atoms with van der Waals surface area (Å²) in [7, 11) is 6.67. The molecular weight excluding hydrogens is 546 g/mol. The van der Waals surface area contributed by atoms with E-state index >= 15 is 0 Å². The Morgan fingerprint density at radius 3 is 1.55 bits per heavy atom. The SMILES string of the molecule is CCCC1CCC(N(P)C2CCCCCCCCC(C)C2)CCC(CC)CCC(N(P)C2CCCCCC(C)CC2)C1. The summed E-state index contributed by atoms with van der Waals surface area (Å²) in [6, 6.07) is 3.06. The first kappa shape index (κ1) is 37.2. The normalized spacial score (nSPS) is 36.3. The Morgan fingerprint density at radius 1 is 0.452 bits per heavy atom. The molecular formula is C38H76N2P2. The summed E-state index contributed by atoms with van der Waals surface area (Å²) in [5, 5.41) is 0. The highest BCUT2D eigenvalue weighted by Gasteiger charge is 2.31. The van der Waals surface area contributed by atoms with Crippen LogP contribution in [0.1, 0.15) is 195 Å². The largest absolute Gasteiger partial charge is 0.281 e. The average Bonchev–Trinajstić information content (AvgIpc) is 3.02. The van der Waals surface area contributed by atoms with Crippen molar-refractivity contribution in [3.8, 4) is 0 Å². The van der Waals surface area contributed by atoms with Gasteiger partial charge in [0.15, 0.2) is 0 Å². The Labute approximate surface area is 270 Å². The summed E-state index contributed by atoms with van der Waals surface area (Å²) in [5.41, 5.74) is 0. The van der Waals surface area contributed by atoms with Gasteiger partial charge in [-0.2, -0.15) is 0 Å². The Kier molecular flexibility index (Phi) is 19.1. The van der Waals surface area contributed by atoms with Crippen molar-refractivity contribution in [2.75, 3.05) is 0 Å². The highest BCUT2D eigenvalue weighted by molar-refractivity contribution is 7.13. The first-order valence-electron chi connectivity index (χ1n) is 19.5. The molecule has 0 aromatic heterocycles. The lowest BCUT2D eigenvalue weighted by Gasteiger charge is -2.38. The smallest absolute Gasteiger partial charge is 0.0135 e. The summed E-state index contributed by atoms with van der Waals surface area (Å²) >= 11 is 0. The van der Waals surface area contributed by atoms with Gasteiger partial charge in [0.2, 0.25) is 0 Å². The third-order valence-electron chi connectivity index (χ3n) is 12.2. The third-order valence-corrected chi connectivity index (χ3v) is 13.9. The van der Waals surface area contributed by atoms with Crippen molar-refractivity contribution in [2.24, 2.45) is 23.7 Å². The molecule has 0 aliphatic heterocycles. The second-order valence-corrected chi connectivity index (χ2v) is 17.0. The standard InChI is InChI=1S/C38H76N2P2/c1-5-16-34-24-27-36(40(42)37-20-14-10-8-7-9-12-18-32(4)29-37)26-22-33(6-2)23-28-38(30-34)39(41)35-19-15-11-13-17-31(3)21-25-35/h31-38H,5-30,41-42H2,1-4H3. The van der Waals surface area contributed by atoms with Crippen LogP contribution in [0.15, 0.2) is 0 Å². The van der Waals surface area contributed by atoms with Crippen LogP contribution in [0.5, 0.6) is 0 Å². The van der Waals surface area contributed by atoms with Gasteiger partial charge in [-0.3, -0.25) is 9.34 Å². The van der Waals surface area contributed by atoms with E-state index in [0.29, 0.717) is 0 Å². The molecule has 0 N–H and O–H groups in total. The molecule has 3 aliphatic carbocycles. The zero-order valence-electron chi connectivity index (χ0n) is 29.1. The molecule has 0 spiro atoms. The van der Waals surface area contributed by atoms with Gasteiger partial charge in [0.05, 0.1) is 0 Å². The summed E-state index contributed by atoms with van der Waals surface area (Å²) in [6.07, 6.45) is 37.3. The summed E-state index contributed by atoms with van der Waals surface area (Å²) < 4.78 is 5.74. The zero-order chi connectivity index (χ0) is 30.2. The van der Waals surface area contributed by atoms with Gasteiger partial charge in [0.25, 0.3) is 0 Å². The molecule has 3 saturated carbocycles. The molecule has 248 valence electrons. The summed E-state index contributed by atoms with van der Waals surface area (Å²) in [4.78, 5) is 0. The molecule has 0 radical (unpaired) electrons. The van der Waals surface area contributed by atoms with Gasteiger partial charge in [0, 0.05) is 24.2 Å². The second kappa shape index (κ2) is 21.6. The van der Waals surface area contributed by atoms with Crippen molar-refractivity contribution >= 4 is 18.8 Å². The van der Waals surface area contributed by atoms with Crippen LogP contribution in [0.3, 0.4) is 0 Å². The fourth-order valence-corrected chi connectivity index (χ4v) is 10.2. The van der Waals surface area contributed by atoms with Crippen molar-refractivity contribution in [2.45, 2.75) is 219 Å². The lowest BCUT2D eigenvalue weighted by molar-refractivity contribution is 0.176. The third kappa shape index (κ3) is 13.6. The van der Waals surface area contributed by atoms with E-state index < -0.39 is 0 Å². The topological polar surface area (TPSA) is 6.48 Å². The van der Waals surface area contributed by atoms with E-state index in [1.807, 2.05) is 0 Å². The fourth-order valence-electron chi connectivity index (χ4n) is 9.10. The Bertz CT molecular complexity index is 673. The number of rotatable bonds is 7. The lowest BCUT2D eigenvalue weighted by Crippen LogP contribution is -2.38. The molecule has 0 aromatic rings. The van der Waals surface area contributed by atoms with E-state index in [1.165, 1.54) is 167 Å². The van der Waals surface area contributed by atoms with Crippen LogP contribution in [0.2, 0.25) is 0 Å². The van der Waals surface area contributed by atoms with Crippen LogP contribution >= 0.6 is 18.8 Å². The predicted molar refractivity (Wildman–Crippen MR) is 195 cm³/mol. The molecule has 10 atom stereocenters. The van der Waals surface area contributed by atoms with Crippen LogP contribution in [0, 0.1) is 23.7 Å². The Morgan fingerprint density at radius 2 is 0.905 bits per heavy atom. The van der Waals surface area contributed by atoms with Crippen LogP contribution < -0.4 is 0 Å². The van der Waals surface area contributed by atoms with Crippen LogP contribution in [0.25, 0.3) is 0 Å². The second-order valence-electron chi connectivity index (χ2n) is 15.8. The Balaban J connectivity index is 1.72.